The smallest absolute Gasteiger partial charge is 0.145 e. The van der Waals surface area contributed by atoms with E-state index in [0.717, 1.165) is 37.1 Å². The van der Waals surface area contributed by atoms with E-state index in [4.69, 9.17) is 9.47 Å². The lowest BCUT2D eigenvalue weighted by Crippen LogP contribution is -2.51. The highest BCUT2D eigenvalue weighted by Gasteiger charge is 2.34. The Bertz CT molecular complexity index is 446. The summed E-state index contributed by atoms with van der Waals surface area (Å²) in [7, 11) is 3.40. The van der Waals surface area contributed by atoms with Crippen LogP contribution in [0.25, 0.3) is 0 Å². The fraction of sp³-hybridized carbons (Fsp3) is 0.600. The van der Waals surface area contributed by atoms with Crippen molar-refractivity contribution in [2.75, 3.05) is 38.8 Å². The van der Waals surface area contributed by atoms with Gasteiger partial charge in [0.1, 0.15) is 11.5 Å². The number of hydrogen-bond donors (Lipinski definition) is 1. The highest BCUT2D eigenvalue weighted by molar-refractivity contribution is 5.61. The lowest BCUT2D eigenvalue weighted by molar-refractivity contribution is 0.387. The quantitative estimate of drug-likeness (QED) is 0.898. The molecule has 1 unspecified atom stereocenters. The first kappa shape index (κ1) is 12.6. The lowest BCUT2D eigenvalue weighted by atomic mass is 10.1. The highest BCUT2D eigenvalue weighted by Crippen LogP contribution is 2.37. The van der Waals surface area contributed by atoms with Gasteiger partial charge in [-0.25, -0.2) is 0 Å². The van der Waals surface area contributed by atoms with E-state index in [2.05, 4.69) is 16.3 Å². The van der Waals surface area contributed by atoms with Crippen LogP contribution in [0.2, 0.25) is 0 Å². The van der Waals surface area contributed by atoms with Crippen LogP contribution in [0.5, 0.6) is 11.5 Å². The molecule has 0 bridgehead atoms. The van der Waals surface area contributed by atoms with E-state index in [1.807, 2.05) is 12.1 Å². The van der Waals surface area contributed by atoms with E-state index in [1.165, 1.54) is 18.5 Å². The Kier molecular flexibility index (Phi) is 3.51. The number of nitrogens with one attached hydrogen (secondary N) is 1. The Morgan fingerprint density at radius 2 is 2.05 bits per heavy atom. The van der Waals surface area contributed by atoms with Gasteiger partial charge in [-0.05, 0) is 30.9 Å². The number of ether oxygens (including phenoxy) is 2. The first-order valence-electron chi connectivity index (χ1n) is 7.02. The van der Waals surface area contributed by atoms with Gasteiger partial charge in [-0.2, -0.15) is 0 Å². The Hall–Kier alpha value is -1.42. The van der Waals surface area contributed by atoms with Crippen LogP contribution < -0.4 is 19.7 Å². The van der Waals surface area contributed by atoms with Crippen molar-refractivity contribution in [3.8, 4) is 11.5 Å². The van der Waals surface area contributed by atoms with Crippen LogP contribution >= 0.6 is 0 Å². The first-order valence-corrected chi connectivity index (χ1v) is 7.02. The van der Waals surface area contributed by atoms with Crippen molar-refractivity contribution in [2.24, 2.45) is 5.92 Å². The van der Waals surface area contributed by atoms with Gasteiger partial charge in [0.15, 0.2) is 0 Å². The summed E-state index contributed by atoms with van der Waals surface area (Å²) >= 11 is 0. The average Bonchev–Trinajstić information content (AvgIpc) is 3.31. The minimum absolute atomic E-state index is 0.639. The van der Waals surface area contributed by atoms with E-state index >= 15 is 0 Å². The van der Waals surface area contributed by atoms with Gasteiger partial charge in [0.2, 0.25) is 0 Å². The van der Waals surface area contributed by atoms with Crippen molar-refractivity contribution in [1.29, 1.82) is 0 Å². The molecule has 4 nitrogen and oxygen atoms in total. The van der Waals surface area contributed by atoms with E-state index < -0.39 is 0 Å². The fourth-order valence-corrected chi connectivity index (χ4v) is 2.86. The van der Waals surface area contributed by atoms with Gasteiger partial charge in [0, 0.05) is 31.7 Å². The third-order valence-electron chi connectivity index (χ3n) is 4.12. The van der Waals surface area contributed by atoms with E-state index in [9.17, 15) is 0 Å². The Labute approximate surface area is 114 Å². The third kappa shape index (κ3) is 2.63. The first-order chi connectivity index (χ1) is 9.31. The van der Waals surface area contributed by atoms with Gasteiger partial charge in [-0.3, -0.25) is 0 Å². The summed E-state index contributed by atoms with van der Waals surface area (Å²) in [6, 6.07) is 6.71. The molecule has 1 atom stereocenters. The van der Waals surface area contributed by atoms with Crippen LogP contribution in [-0.4, -0.2) is 39.9 Å². The van der Waals surface area contributed by atoms with Gasteiger partial charge in [-0.1, -0.05) is 0 Å². The molecule has 2 aliphatic rings. The lowest BCUT2D eigenvalue weighted by Gasteiger charge is -2.36. The van der Waals surface area contributed by atoms with Crippen LogP contribution in [0.4, 0.5) is 5.69 Å². The van der Waals surface area contributed by atoms with E-state index in [-0.39, 0.29) is 0 Å². The van der Waals surface area contributed by atoms with Gasteiger partial charge < -0.3 is 19.7 Å². The molecule has 2 fully saturated rings. The number of anilines is 1. The molecule has 3 rings (SSSR count). The van der Waals surface area contributed by atoms with Crippen molar-refractivity contribution in [2.45, 2.75) is 18.9 Å². The monoisotopic (exact) mass is 262 g/mol. The largest absolute Gasteiger partial charge is 0.497 e. The minimum Gasteiger partial charge on any atom is -0.497 e. The van der Waals surface area contributed by atoms with Gasteiger partial charge in [-0.15, -0.1) is 0 Å². The highest BCUT2D eigenvalue weighted by atomic mass is 16.5. The maximum Gasteiger partial charge on any atom is 0.145 e. The molecular formula is C15H22N2O2. The summed E-state index contributed by atoms with van der Waals surface area (Å²) < 4.78 is 10.8. The van der Waals surface area contributed by atoms with Crippen molar-refractivity contribution >= 4 is 5.69 Å². The summed E-state index contributed by atoms with van der Waals surface area (Å²) in [5.41, 5.74) is 1.18. The predicted octanol–water partition coefficient (Wildman–Crippen LogP) is 1.89. The van der Waals surface area contributed by atoms with Gasteiger partial charge >= 0.3 is 0 Å². The third-order valence-corrected chi connectivity index (χ3v) is 4.12. The molecule has 1 aromatic carbocycles. The Morgan fingerprint density at radius 1 is 1.21 bits per heavy atom. The summed E-state index contributed by atoms with van der Waals surface area (Å²) in [4.78, 5) is 2.43. The van der Waals surface area contributed by atoms with Crippen LogP contribution in [-0.2, 0) is 0 Å². The summed E-state index contributed by atoms with van der Waals surface area (Å²) in [6.07, 6.45) is 2.76. The molecule has 1 aliphatic carbocycles. The summed E-state index contributed by atoms with van der Waals surface area (Å²) in [6.45, 7) is 3.16. The molecule has 19 heavy (non-hydrogen) atoms. The fourth-order valence-electron chi connectivity index (χ4n) is 2.86. The number of hydrogen-bond acceptors (Lipinski definition) is 4. The molecule has 1 N–H and O–H groups in total. The van der Waals surface area contributed by atoms with E-state index in [0.29, 0.717) is 6.04 Å². The van der Waals surface area contributed by atoms with Crippen LogP contribution in [0, 0.1) is 5.92 Å². The molecule has 0 radical (unpaired) electrons. The zero-order chi connectivity index (χ0) is 13.2. The summed E-state index contributed by atoms with van der Waals surface area (Å²) in [5.74, 6) is 2.62. The molecule has 104 valence electrons. The maximum atomic E-state index is 5.51. The maximum absolute atomic E-state index is 5.51. The normalized spacial score (nSPS) is 23.3. The average molecular weight is 262 g/mol. The van der Waals surface area contributed by atoms with Crippen LogP contribution in [0.15, 0.2) is 18.2 Å². The van der Waals surface area contributed by atoms with Crippen molar-refractivity contribution < 1.29 is 9.47 Å². The molecule has 0 aromatic heterocycles. The second kappa shape index (κ2) is 5.29. The second-order valence-electron chi connectivity index (χ2n) is 5.38. The van der Waals surface area contributed by atoms with E-state index in [1.54, 1.807) is 14.2 Å². The Balaban J connectivity index is 1.79. The minimum atomic E-state index is 0.639. The SMILES string of the molecule is COc1ccc(N2CCNC(C3CC3)C2)c(OC)c1. The molecule has 0 spiro atoms. The number of rotatable bonds is 4. The van der Waals surface area contributed by atoms with Crippen LogP contribution in [0.3, 0.4) is 0 Å². The molecule has 1 saturated carbocycles. The topological polar surface area (TPSA) is 33.7 Å². The number of benzene rings is 1. The van der Waals surface area contributed by atoms with Crippen molar-refractivity contribution in [3.63, 3.8) is 0 Å². The van der Waals surface area contributed by atoms with Gasteiger partial charge in [0.05, 0.1) is 19.9 Å². The zero-order valence-electron chi connectivity index (χ0n) is 11.7. The predicted molar refractivity (Wildman–Crippen MR) is 76.3 cm³/mol. The number of methoxy groups -OCH3 is 2. The molecule has 4 heteroatoms. The molecule has 1 aromatic rings. The second-order valence-corrected chi connectivity index (χ2v) is 5.38. The standard InChI is InChI=1S/C15H22N2O2/c1-18-12-5-6-14(15(9-12)19-2)17-8-7-16-13(10-17)11-3-4-11/h5-6,9,11,13,16H,3-4,7-8,10H2,1-2H3. The summed E-state index contributed by atoms with van der Waals surface area (Å²) in [5, 5.41) is 3.63. The van der Waals surface area contributed by atoms with Crippen LogP contribution in [0.1, 0.15) is 12.8 Å². The van der Waals surface area contributed by atoms with Crippen molar-refractivity contribution in [1.82, 2.24) is 5.32 Å². The van der Waals surface area contributed by atoms with Crippen molar-refractivity contribution in [3.05, 3.63) is 18.2 Å². The number of nitrogens with zero attached hydrogens (tertiary/aromatic N) is 1. The number of piperazine rings is 1. The molecule has 1 saturated heterocycles. The molecule has 0 amide bonds. The van der Waals surface area contributed by atoms with Gasteiger partial charge in [0.25, 0.3) is 0 Å². The molecular weight excluding hydrogens is 240 g/mol. The Morgan fingerprint density at radius 3 is 2.74 bits per heavy atom. The molecule has 1 aliphatic heterocycles. The zero-order valence-corrected chi connectivity index (χ0v) is 11.7. The molecule has 1 heterocycles.